The maximum atomic E-state index is 14.9. The Kier molecular flexibility index (Phi) is 3.04. The highest BCUT2D eigenvalue weighted by molar-refractivity contribution is 5.99. The number of hydrogen-bond donors (Lipinski definition) is 0. The average Bonchev–Trinajstić information content (AvgIpc) is 2.67. The number of benzene rings is 2. The van der Waals surface area contributed by atoms with Crippen LogP contribution in [0, 0.1) is 5.82 Å². The van der Waals surface area contributed by atoms with Crippen molar-refractivity contribution in [3.8, 4) is 11.3 Å². The largest absolute Gasteiger partial charge is 0.221 e. The summed E-state index contributed by atoms with van der Waals surface area (Å²) in [6, 6.07) is 12.4. The van der Waals surface area contributed by atoms with Gasteiger partial charge in [-0.25, -0.2) is 4.39 Å². The molecule has 1 nitrogen and oxygen atoms in total. The molecule has 5 rings (SSSR count). The third-order valence-corrected chi connectivity index (χ3v) is 7.63. The molecule has 2 aliphatic rings. The summed E-state index contributed by atoms with van der Waals surface area (Å²) < 4.78 is 17.4. The van der Waals surface area contributed by atoms with E-state index in [9.17, 15) is 4.39 Å². The second kappa shape index (κ2) is 4.94. The number of pyridine rings is 1. The molecule has 1 aromatic heterocycles. The van der Waals surface area contributed by atoms with Crippen LogP contribution in [0.1, 0.15) is 57.2 Å². The van der Waals surface area contributed by atoms with E-state index in [0.29, 0.717) is 6.42 Å². The maximum absolute atomic E-state index is 14.9. The Morgan fingerprint density at radius 1 is 1.04 bits per heavy atom. The molecule has 1 aliphatic heterocycles. The number of aromatic nitrogens is 1. The standard InChI is InChI=1S/C24H25FN/c1-5-23(3)18-10-11-19(25)17-14-16-9-7-8-15-12-13-26(24(23,4)6-2)22(20(15)16)21(17)18/h7-13H,5-6,14H2,1-4H3/q+1. The zero-order valence-corrected chi connectivity index (χ0v) is 16.0. The molecule has 0 saturated carbocycles. The van der Waals surface area contributed by atoms with Crippen LogP contribution in [0.2, 0.25) is 0 Å². The summed E-state index contributed by atoms with van der Waals surface area (Å²) in [5, 5.41) is 2.57. The van der Waals surface area contributed by atoms with E-state index in [1.807, 2.05) is 0 Å². The summed E-state index contributed by atoms with van der Waals surface area (Å²) in [6.07, 6.45) is 4.99. The van der Waals surface area contributed by atoms with Crippen molar-refractivity contribution in [3.63, 3.8) is 0 Å². The minimum absolute atomic E-state index is 0.0306. The normalized spacial score (nSPS) is 25.6. The molecule has 0 spiro atoms. The summed E-state index contributed by atoms with van der Waals surface area (Å²) in [6.45, 7) is 9.29. The van der Waals surface area contributed by atoms with Crippen LogP contribution in [0.3, 0.4) is 0 Å². The Labute approximate surface area is 154 Å². The molecule has 0 fully saturated rings. The van der Waals surface area contributed by atoms with Crippen LogP contribution in [0.4, 0.5) is 4.39 Å². The fraction of sp³-hybridized carbons (Fsp3) is 0.375. The van der Waals surface area contributed by atoms with E-state index in [1.165, 1.54) is 27.6 Å². The maximum Gasteiger partial charge on any atom is 0.221 e. The summed E-state index contributed by atoms with van der Waals surface area (Å²) in [7, 11) is 0. The fourth-order valence-corrected chi connectivity index (χ4v) is 5.61. The Morgan fingerprint density at radius 3 is 2.58 bits per heavy atom. The van der Waals surface area contributed by atoms with Gasteiger partial charge in [0.15, 0.2) is 11.7 Å². The molecule has 2 unspecified atom stereocenters. The summed E-state index contributed by atoms with van der Waals surface area (Å²) in [5.74, 6) is -0.0691. The van der Waals surface area contributed by atoms with Crippen molar-refractivity contribution in [1.29, 1.82) is 0 Å². The minimum Gasteiger partial charge on any atom is -0.207 e. The molecule has 2 heteroatoms. The van der Waals surface area contributed by atoms with Gasteiger partial charge in [-0.1, -0.05) is 38.1 Å². The van der Waals surface area contributed by atoms with E-state index in [-0.39, 0.29) is 16.8 Å². The average molecular weight is 346 g/mol. The third-order valence-electron chi connectivity index (χ3n) is 7.63. The summed E-state index contributed by atoms with van der Waals surface area (Å²) in [4.78, 5) is 0. The quantitative estimate of drug-likeness (QED) is 0.413. The van der Waals surface area contributed by atoms with E-state index in [2.05, 4.69) is 68.8 Å². The van der Waals surface area contributed by atoms with Crippen LogP contribution < -0.4 is 4.57 Å². The first kappa shape index (κ1) is 16.0. The second-order valence-corrected chi connectivity index (χ2v) is 8.35. The van der Waals surface area contributed by atoms with E-state index >= 15 is 0 Å². The highest BCUT2D eigenvalue weighted by atomic mass is 19.1. The first-order valence-corrected chi connectivity index (χ1v) is 9.75. The number of hydrogen-bond acceptors (Lipinski definition) is 0. The smallest absolute Gasteiger partial charge is 0.207 e. The topological polar surface area (TPSA) is 3.88 Å². The van der Waals surface area contributed by atoms with Crippen molar-refractivity contribution >= 4 is 10.8 Å². The SMILES string of the molecule is CCC1(C)c2ccc(F)c3c2-c2c4c(cccc4cc[n+]2C1(C)CC)C3. The number of halogens is 1. The van der Waals surface area contributed by atoms with Crippen molar-refractivity contribution < 1.29 is 8.96 Å². The van der Waals surface area contributed by atoms with E-state index in [0.717, 1.165) is 24.0 Å². The minimum atomic E-state index is -0.0691. The lowest BCUT2D eigenvalue weighted by molar-refractivity contribution is -0.764. The van der Waals surface area contributed by atoms with E-state index in [1.54, 1.807) is 6.07 Å². The number of rotatable bonds is 2. The molecule has 3 aromatic rings. The van der Waals surface area contributed by atoms with Crippen LogP contribution in [-0.2, 0) is 17.4 Å². The van der Waals surface area contributed by atoms with Crippen LogP contribution in [0.5, 0.6) is 0 Å². The first-order chi connectivity index (χ1) is 12.5. The fourth-order valence-electron chi connectivity index (χ4n) is 5.61. The zero-order valence-electron chi connectivity index (χ0n) is 16.0. The lowest BCUT2D eigenvalue weighted by Crippen LogP contribution is -2.67. The van der Waals surface area contributed by atoms with E-state index in [4.69, 9.17) is 0 Å². The Morgan fingerprint density at radius 2 is 1.85 bits per heavy atom. The molecular weight excluding hydrogens is 321 g/mol. The predicted molar refractivity (Wildman–Crippen MR) is 104 cm³/mol. The molecule has 26 heavy (non-hydrogen) atoms. The molecule has 2 atom stereocenters. The van der Waals surface area contributed by atoms with Crippen molar-refractivity contribution in [3.05, 3.63) is 65.1 Å². The molecule has 0 amide bonds. The molecule has 0 radical (unpaired) electrons. The van der Waals surface area contributed by atoms with Gasteiger partial charge in [-0.15, -0.1) is 0 Å². The third kappa shape index (κ3) is 1.60. The molecular formula is C24H25FN+. The molecule has 0 saturated heterocycles. The van der Waals surface area contributed by atoms with Gasteiger partial charge >= 0.3 is 0 Å². The Hall–Kier alpha value is -2.22. The predicted octanol–water partition coefficient (Wildman–Crippen LogP) is 5.64. The van der Waals surface area contributed by atoms with Gasteiger partial charge in [-0.2, -0.15) is 4.57 Å². The van der Waals surface area contributed by atoms with Crippen molar-refractivity contribution in [2.24, 2.45) is 0 Å². The Bertz CT molecular complexity index is 1080. The van der Waals surface area contributed by atoms with Gasteiger partial charge in [0.25, 0.3) is 0 Å². The second-order valence-electron chi connectivity index (χ2n) is 8.35. The van der Waals surface area contributed by atoms with Crippen LogP contribution in [0.25, 0.3) is 22.0 Å². The van der Waals surface area contributed by atoms with Gasteiger partial charge < -0.3 is 0 Å². The zero-order chi connectivity index (χ0) is 18.3. The summed E-state index contributed by atoms with van der Waals surface area (Å²) >= 11 is 0. The molecule has 0 bridgehead atoms. The molecule has 2 heterocycles. The lowest BCUT2D eigenvalue weighted by atomic mass is 9.59. The van der Waals surface area contributed by atoms with Gasteiger partial charge in [-0.05, 0) is 35.9 Å². The van der Waals surface area contributed by atoms with Crippen molar-refractivity contribution in [2.75, 3.05) is 0 Å². The van der Waals surface area contributed by atoms with Gasteiger partial charge in [0.05, 0.1) is 16.4 Å². The molecule has 132 valence electrons. The molecule has 0 N–H and O–H groups in total. The van der Waals surface area contributed by atoms with Crippen molar-refractivity contribution in [2.45, 2.75) is 57.9 Å². The molecule has 2 aromatic carbocycles. The van der Waals surface area contributed by atoms with E-state index < -0.39 is 0 Å². The van der Waals surface area contributed by atoms with Gasteiger partial charge in [-0.3, -0.25) is 0 Å². The highest BCUT2D eigenvalue weighted by Gasteiger charge is 2.57. The van der Waals surface area contributed by atoms with Gasteiger partial charge in [0.2, 0.25) is 5.69 Å². The summed E-state index contributed by atoms with van der Waals surface area (Å²) in [5.41, 5.74) is 5.75. The van der Waals surface area contributed by atoms with Gasteiger partial charge in [0, 0.05) is 31.4 Å². The first-order valence-electron chi connectivity index (χ1n) is 9.75. The van der Waals surface area contributed by atoms with Crippen molar-refractivity contribution in [1.82, 2.24) is 0 Å². The highest BCUT2D eigenvalue weighted by Crippen LogP contribution is 2.53. The lowest BCUT2D eigenvalue weighted by Gasteiger charge is -2.47. The molecule has 1 aliphatic carbocycles. The van der Waals surface area contributed by atoms with Crippen LogP contribution >= 0.6 is 0 Å². The number of nitrogens with zero attached hydrogens (tertiary/aromatic N) is 1. The van der Waals surface area contributed by atoms with Crippen LogP contribution in [0.15, 0.2) is 42.6 Å². The Balaban J connectivity index is 2.06. The monoisotopic (exact) mass is 346 g/mol. The van der Waals surface area contributed by atoms with Gasteiger partial charge in [0.1, 0.15) is 5.82 Å². The van der Waals surface area contributed by atoms with Crippen LogP contribution in [-0.4, -0.2) is 0 Å².